The molecule has 1 aromatic carbocycles. The minimum absolute atomic E-state index is 0.0404. The lowest BCUT2D eigenvalue weighted by atomic mass is 10.0. The lowest BCUT2D eigenvalue weighted by Crippen LogP contribution is -2.01. The van der Waals surface area contributed by atoms with Crippen molar-refractivity contribution in [1.29, 1.82) is 0 Å². The largest absolute Gasteiger partial charge is 0.508 e. The molecule has 19 heavy (non-hydrogen) atoms. The Balaban J connectivity index is 2.22. The van der Waals surface area contributed by atoms with Crippen LogP contribution in [0.4, 0.5) is 0 Å². The number of phenols is 1. The van der Waals surface area contributed by atoms with Crippen molar-refractivity contribution in [3.05, 3.63) is 40.2 Å². The second-order valence-electron chi connectivity index (χ2n) is 4.37. The molecule has 0 unspecified atom stereocenters. The van der Waals surface area contributed by atoms with E-state index in [2.05, 4.69) is 0 Å². The van der Waals surface area contributed by atoms with Crippen molar-refractivity contribution in [2.45, 2.75) is 25.7 Å². The Labute approximate surface area is 109 Å². The second-order valence-corrected chi connectivity index (χ2v) is 4.37. The first-order chi connectivity index (χ1) is 9.06. The summed E-state index contributed by atoms with van der Waals surface area (Å²) in [5, 5.41) is 18.7. The molecule has 5 nitrogen and oxygen atoms in total. The number of phenolic OH excluding ortho intramolecular Hbond substituents is 1. The van der Waals surface area contributed by atoms with Crippen LogP contribution in [0, 0.1) is 0 Å². The van der Waals surface area contributed by atoms with Crippen LogP contribution >= 0.6 is 0 Å². The van der Waals surface area contributed by atoms with Gasteiger partial charge in [0.2, 0.25) is 0 Å². The Morgan fingerprint density at radius 3 is 2.74 bits per heavy atom. The molecule has 0 radical (unpaired) electrons. The molecule has 2 N–H and O–H groups in total. The third-order valence-electron chi connectivity index (χ3n) is 2.90. The van der Waals surface area contributed by atoms with E-state index in [1.807, 2.05) is 0 Å². The first-order valence-corrected chi connectivity index (χ1v) is 6.04. The summed E-state index contributed by atoms with van der Waals surface area (Å²) in [5.41, 5.74) is 0.698. The van der Waals surface area contributed by atoms with Crippen molar-refractivity contribution < 1.29 is 19.4 Å². The highest BCUT2D eigenvalue weighted by Crippen LogP contribution is 2.22. The molecule has 0 fully saturated rings. The number of carbonyl (C=O) groups is 1. The smallest absolute Gasteiger partial charge is 0.336 e. The molecule has 1 heterocycles. The maximum atomic E-state index is 11.4. The maximum Gasteiger partial charge on any atom is 0.336 e. The summed E-state index contributed by atoms with van der Waals surface area (Å²) in [4.78, 5) is 21.8. The summed E-state index contributed by atoms with van der Waals surface area (Å²) < 4.78 is 5.02. The summed E-state index contributed by atoms with van der Waals surface area (Å²) in [6.07, 6.45) is 1.99. The van der Waals surface area contributed by atoms with Gasteiger partial charge in [0, 0.05) is 23.9 Å². The number of unbranched alkanes of at least 4 members (excludes halogenated alkanes) is 1. The first-order valence-electron chi connectivity index (χ1n) is 6.04. The number of carboxylic acid groups (broad SMARTS) is 1. The molecule has 0 spiro atoms. The molecular formula is C14H14O5. The summed E-state index contributed by atoms with van der Waals surface area (Å²) in [6, 6.07) is 6.04. The van der Waals surface area contributed by atoms with Crippen LogP contribution in [-0.2, 0) is 11.2 Å². The van der Waals surface area contributed by atoms with E-state index in [9.17, 15) is 14.7 Å². The van der Waals surface area contributed by atoms with Crippen LogP contribution in [0.5, 0.6) is 5.75 Å². The molecule has 2 rings (SSSR count). The number of rotatable bonds is 5. The normalized spacial score (nSPS) is 10.7. The van der Waals surface area contributed by atoms with Gasteiger partial charge in [0.25, 0.3) is 0 Å². The Morgan fingerprint density at radius 2 is 2.00 bits per heavy atom. The first kappa shape index (κ1) is 13.1. The van der Waals surface area contributed by atoms with Gasteiger partial charge in [0.1, 0.15) is 11.3 Å². The number of hydrogen-bond acceptors (Lipinski definition) is 4. The van der Waals surface area contributed by atoms with Gasteiger partial charge in [0.15, 0.2) is 0 Å². The number of benzene rings is 1. The van der Waals surface area contributed by atoms with Gasteiger partial charge in [-0.3, -0.25) is 4.79 Å². The molecule has 5 heteroatoms. The molecule has 100 valence electrons. The topological polar surface area (TPSA) is 87.7 Å². The van der Waals surface area contributed by atoms with E-state index in [1.54, 1.807) is 6.07 Å². The molecule has 0 saturated carbocycles. The van der Waals surface area contributed by atoms with Gasteiger partial charge in [-0.1, -0.05) is 0 Å². The molecule has 0 saturated heterocycles. The zero-order chi connectivity index (χ0) is 13.8. The average molecular weight is 262 g/mol. The van der Waals surface area contributed by atoms with E-state index in [0.717, 1.165) is 10.9 Å². The number of hydrogen-bond donors (Lipinski definition) is 2. The standard InChI is InChI=1S/C14H14O5/c15-10-5-6-11-9(3-1-2-4-13(16)17)7-14(18)19-12(11)8-10/h5-8,15H,1-4H2,(H,16,17). The van der Waals surface area contributed by atoms with Gasteiger partial charge in [-0.05, 0) is 37.0 Å². The minimum atomic E-state index is -0.817. The molecule has 2 aromatic rings. The molecule has 0 amide bonds. The second kappa shape index (κ2) is 5.56. The van der Waals surface area contributed by atoms with Crippen molar-refractivity contribution in [1.82, 2.24) is 0 Å². The van der Waals surface area contributed by atoms with Crippen LogP contribution in [0.1, 0.15) is 24.8 Å². The van der Waals surface area contributed by atoms with E-state index in [4.69, 9.17) is 9.52 Å². The van der Waals surface area contributed by atoms with Crippen LogP contribution in [0.25, 0.3) is 11.0 Å². The SMILES string of the molecule is O=C(O)CCCCc1cc(=O)oc2cc(O)ccc12. The predicted molar refractivity (Wildman–Crippen MR) is 69.3 cm³/mol. The van der Waals surface area contributed by atoms with Crippen LogP contribution in [0.15, 0.2) is 33.5 Å². The van der Waals surface area contributed by atoms with Crippen LogP contribution in [0.2, 0.25) is 0 Å². The quantitative estimate of drug-likeness (QED) is 0.637. The van der Waals surface area contributed by atoms with Gasteiger partial charge >= 0.3 is 11.6 Å². The van der Waals surface area contributed by atoms with Crippen LogP contribution in [0.3, 0.4) is 0 Å². The molecule has 0 atom stereocenters. The predicted octanol–water partition coefficient (Wildman–Crippen LogP) is 2.30. The van der Waals surface area contributed by atoms with Crippen molar-refractivity contribution in [3.8, 4) is 5.75 Å². The maximum absolute atomic E-state index is 11.4. The molecule has 0 aliphatic heterocycles. The van der Waals surface area contributed by atoms with E-state index >= 15 is 0 Å². The zero-order valence-corrected chi connectivity index (χ0v) is 10.3. The van der Waals surface area contributed by atoms with Crippen molar-refractivity contribution in [3.63, 3.8) is 0 Å². The Bertz CT molecular complexity index is 656. The average Bonchev–Trinajstić information content (AvgIpc) is 2.33. The van der Waals surface area contributed by atoms with Crippen molar-refractivity contribution in [2.75, 3.05) is 0 Å². The number of aliphatic carboxylic acids is 1. The van der Waals surface area contributed by atoms with Crippen molar-refractivity contribution >= 4 is 16.9 Å². The molecule has 0 aliphatic carbocycles. The van der Waals surface area contributed by atoms with Crippen LogP contribution < -0.4 is 5.63 Å². The minimum Gasteiger partial charge on any atom is -0.508 e. The van der Waals surface area contributed by atoms with E-state index in [-0.39, 0.29) is 12.2 Å². The highest BCUT2D eigenvalue weighted by atomic mass is 16.4. The fourth-order valence-electron chi connectivity index (χ4n) is 2.02. The highest BCUT2D eigenvalue weighted by molar-refractivity contribution is 5.81. The number of fused-ring (bicyclic) bond motifs is 1. The van der Waals surface area contributed by atoms with Gasteiger partial charge in [-0.25, -0.2) is 4.79 Å². The van der Waals surface area contributed by atoms with Crippen LogP contribution in [-0.4, -0.2) is 16.2 Å². The van der Waals surface area contributed by atoms with Crippen molar-refractivity contribution in [2.24, 2.45) is 0 Å². The number of aryl methyl sites for hydroxylation is 1. The molecule has 1 aromatic heterocycles. The number of aromatic hydroxyl groups is 1. The zero-order valence-electron chi connectivity index (χ0n) is 10.3. The Kier molecular flexibility index (Phi) is 3.85. The van der Waals surface area contributed by atoms with E-state index < -0.39 is 11.6 Å². The monoisotopic (exact) mass is 262 g/mol. The van der Waals surface area contributed by atoms with E-state index in [1.165, 1.54) is 18.2 Å². The molecule has 0 aliphatic rings. The Morgan fingerprint density at radius 1 is 1.21 bits per heavy atom. The third-order valence-corrected chi connectivity index (χ3v) is 2.90. The lowest BCUT2D eigenvalue weighted by Gasteiger charge is -2.05. The Hall–Kier alpha value is -2.30. The van der Waals surface area contributed by atoms with Gasteiger partial charge in [-0.2, -0.15) is 0 Å². The van der Waals surface area contributed by atoms with Gasteiger partial charge in [-0.15, -0.1) is 0 Å². The molecule has 0 bridgehead atoms. The molecular weight excluding hydrogens is 248 g/mol. The van der Waals surface area contributed by atoms with Gasteiger partial charge < -0.3 is 14.6 Å². The lowest BCUT2D eigenvalue weighted by molar-refractivity contribution is -0.137. The fraction of sp³-hybridized carbons (Fsp3) is 0.286. The summed E-state index contributed by atoms with van der Waals surface area (Å²) in [7, 11) is 0. The summed E-state index contributed by atoms with van der Waals surface area (Å²) >= 11 is 0. The van der Waals surface area contributed by atoms with Gasteiger partial charge in [0.05, 0.1) is 0 Å². The third kappa shape index (κ3) is 3.34. The highest BCUT2D eigenvalue weighted by Gasteiger charge is 2.07. The summed E-state index contributed by atoms with van der Waals surface area (Å²) in [5.74, 6) is -0.777. The van der Waals surface area contributed by atoms with E-state index in [0.29, 0.717) is 24.8 Å². The fourth-order valence-corrected chi connectivity index (χ4v) is 2.02. The number of carboxylic acids is 1. The summed E-state index contributed by atoms with van der Waals surface area (Å²) in [6.45, 7) is 0.